The van der Waals surface area contributed by atoms with E-state index in [4.69, 9.17) is 4.42 Å². The van der Waals surface area contributed by atoms with E-state index < -0.39 is 0 Å². The summed E-state index contributed by atoms with van der Waals surface area (Å²) in [5.41, 5.74) is 5.29. The standard InChI is InChI=1S/C26H22N3OS/c1-28-14-13-17(19-7-3-5-9-21(19)28)16-25-29(2)22-12-11-18(15-24(22)31-25)26-27-20-8-4-6-10-23(20)30-26/h3-11,13-16,22H,12H2,1-2H3/q+1. The maximum Gasteiger partial charge on any atom is 0.227 e. The largest absolute Gasteiger partial charge is 0.436 e. The zero-order valence-electron chi connectivity index (χ0n) is 17.4. The monoisotopic (exact) mass is 424 g/mol. The first-order valence-corrected chi connectivity index (χ1v) is 11.3. The normalized spacial score (nSPS) is 19.7. The smallest absolute Gasteiger partial charge is 0.227 e. The number of aromatic nitrogens is 2. The lowest BCUT2D eigenvalue weighted by atomic mass is 10.0. The molecule has 152 valence electrons. The second-order valence-electron chi connectivity index (χ2n) is 8.04. The summed E-state index contributed by atoms with van der Waals surface area (Å²) in [6.45, 7) is 0. The van der Waals surface area contributed by atoms with E-state index in [-0.39, 0.29) is 0 Å². The highest BCUT2D eigenvalue weighted by molar-refractivity contribution is 8.07. The third kappa shape index (κ3) is 3.08. The number of aryl methyl sites for hydroxylation is 1. The Morgan fingerprint density at radius 1 is 1.13 bits per heavy atom. The lowest BCUT2D eigenvalue weighted by Gasteiger charge is -2.23. The summed E-state index contributed by atoms with van der Waals surface area (Å²) in [6, 6.07) is 19.1. The van der Waals surface area contributed by atoms with Crippen LogP contribution in [-0.4, -0.2) is 23.0 Å². The Kier molecular flexibility index (Phi) is 4.25. The Morgan fingerprint density at radius 3 is 2.87 bits per heavy atom. The van der Waals surface area contributed by atoms with Crippen LogP contribution in [0.15, 0.2) is 87.3 Å². The Bertz CT molecular complexity index is 1400. The molecule has 1 atom stereocenters. The molecule has 5 heteroatoms. The number of rotatable bonds is 2. The Labute approximate surface area is 185 Å². The second-order valence-corrected chi connectivity index (χ2v) is 9.13. The molecular formula is C26H22N3OS+. The highest BCUT2D eigenvalue weighted by Crippen LogP contribution is 2.47. The van der Waals surface area contributed by atoms with E-state index in [1.165, 1.54) is 26.4 Å². The van der Waals surface area contributed by atoms with Gasteiger partial charge >= 0.3 is 0 Å². The maximum absolute atomic E-state index is 6.00. The molecule has 1 aliphatic carbocycles. The van der Waals surface area contributed by atoms with Crippen molar-refractivity contribution >= 4 is 45.4 Å². The van der Waals surface area contributed by atoms with Crippen molar-refractivity contribution in [2.24, 2.45) is 7.05 Å². The average molecular weight is 425 g/mol. The SMILES string of the molecule is CN1C(=Cc2cc[n+](C)c3ccccc23)SC2=CC(c3nc4ccccc4o3)=CCC21. The summed E-state index contributed by atoms with van der Waals surface area (Å²) >= 11 is 1.85. The van der Waals surface area contributed by atoms with Crippen molar-refractivity contribution in [3.05, 3.63) is 94.3 Å². The number of hydrogen-bond acceptors (Lipinski definition) is 4. The fourth-order valence-electron chi connectivity index (χ4n) is 4.38. The molecule has 0 radical (unpaired) electrons. The third-order valence-electron chi connectivity index (χ3n) is 6.12. The number of thioether (sulfide) groups is 1. The number of oxazole rings is 1. The molecule has 0 N–H and O–H groups in total. The number of allylic oxidation sites excluding steroid dienone is 2. The number of nitrogens with zero attached hydrogens (tertiary/aromatic N) is 3. The van der Waals surface area contributed by atoms with Gasteiger partial charge in [0, 0.05) is 29.7 Å². The highest BCUT2D eigenvalue weighted by Gasteiger charge is 2.33. The van der Waals surface area contributed by atoms with E-state index in [9.17, 15) is 0 Å². The van der Waals surface area contributed by atoms with Gasteiger partial charge in [0.2, 0.25) is 11.4 Å². The maximum atomic E-state index is 6.00. The van der Waals surface area contributed by atoms with Crippen LogP contribution >= 0.6 is 11.8 Å². The van der Waals surface area contributed by atoms with Crippen molar-refractivity contribution in [2.75, 3.05) is 7.05 Å². The van der Waals surface area contributed by atoms with Crippen LogP contribution in [0.3, 0.4) is 0 Å². The van der Waals surface area contributed by atoms with Crippen molar-refractivity contribution < 1.29 is 8.98 Å². The Balaban J connectivity index is 1.35. The van der Waals surface area contributed by atoms with Crippen molar-refractivity contribution in [2.45, 2.75) is 12.5 Å². The fraction of sp³-hybridized carbons (Fsp3) is 0.154. The number of para-hydroxylation sites is 3. The van der Waals surface area contributed by atoms with E-state index in [0.717, 1.165) is 23.1 Å². The Hall–Kier alpha value is -3.31. The van der Waals surface area contributed by atoms with Crippen molar-refractivity contribution in [1.29, 1.82) is 0 Å². The predicted molar refractivity (Wildman–Crippen MR) is 127 cm³/mol. The lowest BCUT2D eigenvalue weighted by Crippen LogP contribution is -2.28. The molecule has 4 aromatic rings. The average Bonchev–Trinajstić information content (AvgIpc) is 3.37. The van der Waals surface area contributed by atoms with Crippen LogP contribution in [-0.2, 0) is 7.05 Å². The molecule has 2 aliphatic rings. The van der Waals surface area contributed by atoms with Gasteiger partial charge in [0.05, 0.1) is 16.5 Å². The van der Waals surface area contributed by atoms with Gasteiger partial charge in [-0.05, 0) is 42.3 Å². The summed E-state index contributed by atoms with van der Waals surface area (Å²) in [5, 5.41) is 2.53. The van der Waals surface area contributed by atoms with Crippen LogP contribution in [0, 0.1) is 0 Å². The number of likely N-dealkylation sites (N-methyl/N-ethyl adjacent to an activating group) is 1. The number of fused-ring (bicyclic) bond motifs is 3. The minimum Gasteiger partial charge on any atom is -0.436 e. The molecule has 3 heterocycles. The molecule has 4 nitrogen and oxygen atoms in total. The van der Waals surface area contributed by atoms with Crippen molar-refractivity contribution in [1.82, 2.24) is 9.88 Å². The summed E-state index contributed by atoms with van der Waals surface area (Å²) in [6.07, 6.45) is 9.88. The third-order valence-corrected chi connectivity index (χ3v) is 7.36. The molecule has 6 rings (SSSR count). The molecule has 1 saturated heterocycles. The molecule has 1 unspecified atom stereocenters. The van der Waals surface area contributed by atoms with E-state index in [0.29, 0.717) is 11.9 Å². The first-order chi connectivity index (χ1) is 15.2. The number of benzene rings is 2. The topological polar surface area (TPSA) is 33.2 Å². The van der Waals surface area contributed by atoms with Gasteiger partial charge in [0.25, 0.3) is 0 Å². The van der Waals surface area contributed by atoms with E-state index in [1.807, 2.05) is 36.0 Å². The van der Waals surface area contributed by atoms with E-state index in [1.54, 1.807) is 0 Å². The van der Waals surface area contributed by atoms with Crippen LogP contribution in [0.1, 0.15) is 17.9 Å². The fourth-order valence-corrected chi connectivity index (χ4v) is 5.65. The van der Waals surface area contributed by atoms with Gasteiger partial charge in [0.1, 0.15) is 12.6 Å². The minimum atomic E-state index is 0.371. The molecule has 31 heavy (non-hydrogen) atoms. The van der Waals surface area contributed by atoms with E-state index >= 15 is 0 Å². The second kappa shape index (κ2) is 7.13. The van der Waals surface area contributed by atoms with Crippen LogP contribution in [0.25, 0.3) is 33.7 Å². The molecule has 1 aliphatic heterocycles. The molecule has 1 fully saturated rings. The van der Waals surface area contributed by atoms with E-state index in [2.05, 4.69) is 83.3 Å². The lowest BCUT2D eigenvalue weighted by molar-refractivity contribution is -0.644. The van der Waals surface area contributed by atoms with Gasteiger partial charge in [-0.1, -0.05) is 42.1 Å². The van der Waals surface area contributed by atoms with Gasteiger partial charge in [-0.2, -0.15) is 0 Å². The summed E-state index contributed by atoms with van der Waals surface area (Å²) in [4.78, 5) is 8.41. The highest BCUT2D eigenvalue weighted by atomic mass is 32.2. The molecule has 2 aromatic carbocycles. The minimum absolute atomic E-state index is 0.371. The summed E-state index contributed by atoms with van der Waals surface area (Å²) in [7, 11) is 4.28. The number of hydrogen-bond donors (Lipinski definition) is 0. The number of pyridine rings is 1. The molecule has 0 bridgehead atoms. The zero-order valence-corrected chi connectivity index (χ0v) is 18.3. The quantitative estimate of drug-likeness (QED) is 0.397. The summed E-state index contributed by atoms with van der Waals surface area (Å²) < 4.78 is 8.17. The molecular weight excluding hydrogens is 402 g/mol. The molecule has 0 saturated carbocycles. The molecule has 0 amide bonds. The van der Waals surface area contributed by atoms with Gasteiger partial charge in [-0.15, -0.1) is 0 Å². The predicted octanol–water partition coefficient (Wildman–Crippen LogP) is 5.52. The van der Waals surface area contributed by atoms with Gasteiger partial charge in [-0.25, -0.2) is 9.55 Å². The van der Waals surface area contributed by atoms with Crippen LogP contribution in [0.2, 0.25) is 0 Å². The molecule has 0 spiro atoms. The zero-order chi connectivity index (χ0) is 20.9. The summed E-state index contributed by atoms with van der Waals surface area (Å²) in [5.74, 6) is 0.703. The van der Waals surface area contributed by atoms with Crippen LogP contribution in [0.4, 0.5) is 0 Å². The van der Waals surface area contributed by atoms with Crippen LogP contribution < -0.4 is 4.57 Å². The van der Waals surface area contributed by atoms with Gasteiger partial charge in [0.15, 0.2) is 11.8 Å². The van der Waals surface area contributed by atoms with Gasteiger partial charge < -0.3 is 9.32 Å². The van der Waals surface area contributed by atoms with Crippen molar-refractivity contribution in [3.8, 4) is 0 Å². The first-order valence-electron chi connectivity index (χ1n) is 10.4. The van der Waals surface area contributed by atoms with Crippen molar-refractivity contribution in [3.63, 3.8) is 0 Å². The first kappa shape index (κ1) is 18.5. The van der Waals surface area contributed by atoms with Crippen LogP contribution in [0.5, 0.6) is 0 Å². The van der Waals surface area contributed by atoms with Gasteiger partial charge in [-0.3, -0.25) is 0 Å². The molecule has 2 aromatic heterocycles. The Morgan fingerprint density at radius 2 is 1.97 bits per heavy atom.